The summed E-state index contributed by atoms with van der Waals surface area (Å²) < 4.78 is 13.9. The zero-order valence-electron chi connectivity index (χ0n) is 14.4. The Hall–Kier alpha value is -1.62. The Morgan fingerprint density at radius 3 is 2.57 bits per heavy atom. The average Bonchev–Trinajstić information content (AvgIpc) is 2.53. The molecule has 2 unspecified atom stereocenters. The van der Waals surface area contributed by atoms with E-state index in [0.29, 0.717) is 11.5 Å². The van der Waals surface area contributed by atoms with Gasteiger partial charge < -0.3 is 5.73 Å². The summed E-state index contributed by atoms with van der Waals surface area (Å²) in [4.78, 5) is 8.73. The number of aryl methyl sites for hydroxylation is 2. The number of benzene rings is 1. The number of anilines is 1. The summed E-state index contributed by atoms with van der Waals surface area (Å²) in [5.74, 6) is 0.437. The summed E-state index contributed by atoms with van der Waals surface area (Å²) in [5, 5.41) is 0. The van der Waals surface area contributed by atoms with Gasteiger partial charge in [0, 0.05) is 5.56 Å². The monoisotopic (exact) mass is 333 g/mol. The van der Waals surface area contributed by atoms with Gasteiger partial charge in [0.25, 0.3) is 0 Å². The summed E-state index contributed by atoms with van der Waals surface area (Å²) in [6.07, 6.45) is 3.42. The first-order chi connectivity index (χ1) is 10.9. The van der Waals surface area contributed by atoms with Gasteiger partial charge in [-0.05, 0) is 50.6 Å². The molecule has 2 aromatic rings. The average molecular weight is 333 g/mol. The largest absolute Gasteiger partial charge is 0.382 e. The van der Waals surface area contributed by atoms with E-state index >= 15 is 0 Å². The second-order valence-electron chi connectivity index (χ2n) is 5.82. The minimum atomic E-state index is -0.947. The fourth-order valence-corrected chi connectivity index (χ4v) is 3.90. The summed E-state index contributed by atoms with van der Waals surface area (Å²) in [6, 6.07) is 6.10. The fraction of sp³-hybridized carbons (Fsp3) is 0.444. The molecule has 2 atom stereocenters. The molecule has 1 heterocycles. The molecular formula is C18H24FN3S. The van der Waals surface area contributed by atoms with Crippen molar-refractivity contribution in [1.82, 2.24) is 9.97 Å². The minimum absolute atomic E-state index is 0.437. The van der Waals surface area contributed by atoms with E-state index in [-0.39, 0.29) is 0 Å². The highest BCUT2D eigenvalue weighted by Gasteiger charge is 2.36. The van der Waals surface area contributed by atoms with Gasteiger partial charge in [0.2, 0.25) is 0 Å². The second kappa shape index (κ2) is 6.87. The molecule has 0 fully saturated rings. The fourth-order valence-electron chi connectivity index (χ4n) is 2.92. The number of halogens is 1. The van der Waals surface area contributed by atoms with Crippen molar-refractivity contribution < 1.29 is 4.39 Å². The maximum Gasteiger partial charge on any atom is 0.144 e. The molecule has 2 rings (SSSR count). The number of nitrogens with two attached hydrogens (primary N) is 1. The molecule has 0 aliphatic heterocycles. The number of nitrogen functional groups attached to an aromatic ring is 1. The van der Waals surface area contributed by atoms with Crippen molar-refractivity contribution >= 4 is 17.6 Å². The van der Waals surface area contributed by atoms with Crippen LogP contribution < -0.4 is 5.73 Å². The first-order valence-corrected chi connectivity index (χ1v) is 8.98. The lowest BCUT2D eigenvalue weighted by Crippen LogP contribution is -2.30. The van der Waals surface area contributed by atoms with Crippen LogP contribution in [0.5, 0.6) is 0 Å². The summed E-state index contributed by atoms with van der Waals surface area (Å²) in [6.45, 7) is 7.52. The van der Waals surface area contributed by atoms with E-state index in [0.717, 1.165) is 28.8 Å². The SMILES string of the molecule is CCC(SC)(c1ccc(C)c(-c2cnc(N)c(C)n2)c1)C(C)F. The lowest BCUT2D eigenvalue weighted by Gasteiger charge is -2.33. The van der Waals surface area contributed by atoms with Crippen molar-refractivity contribution in [2.75, 3.05) is 12.0 Å². The van der Waals surface area contributed by atoms with Crippen molar-refractivity contribution in [1.29, 1.82) is 0 Å². The third kappa shape index (κ3) is 3.20. The van der Waals surface area contributed by atoms with Crippen LogP contribution in [0.2, 0.25) is 0 Å². The molecule has 0 spiro atoms. The summed E-state index contributed by atoms with van der Waals surface area (Å²) >= 11 is 1.56. The van der Waals surface area contributed by atoms with Crippen LogP contribution >= 0.6 is 11.8 Å². The van der Waals surface area contributed by atoms with Crippen molar-refractivity contribution in [3.63, 3.8) is 0 Å². The number of thioether (sulfide) groups is 1. The maximum absolute atomic E-state index is 14.4. The number of nitrogens with zero attached hydrogens (tertiary/aromatic N) is 2. The standard InChI is InChI=1S/C18H24FN3S/c1-6-18(23-5,13(4)19)14-8-7-11(2)15(9-14)16-10-21-17(20)12(3)22-16/h7-10,13H,6H2,1-5H3,(H2,20,21). The highest BCUT2D eigenvalue weighted by atomic mass is 32.2. The maximum atomic E-state index is 14.4. The van der Waals surface area contributed by atoms with Gasteiger partial charge in [-0.1, -0.05) is 19.1 Å². The Bertz CT molecular complexity index is 697. The summed E-state index contributed by atoms with van der Waals surface area (Å²) in [7, 11) is 0. The van der Waals surface area contributed by atoms with E-state index in [4.69, 9.17) is 5.73 Å². The Kier molecular flexibility index (Phi) is 5.30. The van der Waals surface area contributed by atoms with Gasteiger partial charge >= 0.3 is 0 Å². The molecule has 23 heavy (non-hydrogen) atoms. The molecule has 1 aromatic heterocycles. The topological polar surface area (TPSA) is 51.8 Å². The van der Waals surface area contributed by atoms with Crippen LogP contribution in [0.4, 0.5) is 10.2 Å². The van der Waals surface area contributed by atoms with Gasteiger partial charge in [-0.25, -0.2) is 14.4 Å². The van der Waals surface area contributed by atoms with Gasteiger partial charge in [-0.3, -0.25) is 0 Å². The summed E-state index contributed by atoms with van der Waals surface area (Å²) in [5.41, 5.74) is 10.3. The molecular weight excluding hydrogens is 309 g/mol. The van der Waals surface area contributed by atoms with Gasteiger partial charge in [-0.15, -0.1) is 0 Å². The molecule has 124 valence electrons. The van der Waals surface area contributed by atoms with E-state index in [1.807, 2.05) is 45.2 Å². The van der Waals surface area contributed by atoms with E-state index in [2.05, 4.69) is 9.97 Å². The molecule has 3 nitrogen and oxygen atoms in total. The number of hydrogen-bond acceptors (Lipinski definition) is 4. The molecule has 5 heteroatoms. The Morgan fingerprint density at radius 1 is 1.35 bits per heavy atom. The first-order valence-electron chi connectivity index (χ1n) is 7.75. The highest BCUT2D eigenvalue weighted by molar-refractivity contribution is 7.99. The van der Waals surface area contributed by atoms with Gasteiger partial charge in [-0.2, -0.15) is 11.8 Å². The molecule has 1 aromatic carbocycles. The van der Waals surface area contributed by atoms with Gasteiger partial charge in [0.1, 0.15) is 12.0 Å². The van der Waals surface area contributed by atoms with Crippen LogP contribution in [0, 0.1) is 13.8 Å². The van der Waals surface area contributed by atoms with Crippen LogP contribution in [0.25, 0.3) is 11.3 Å². The van der Waals surface area contributed by atoms with E-state index in [1.54, 1.807) is 24.9 Å². The van der Waals surface area contributed by atoms with Crippen molar-refractivity contribution in [2.24, 2.45) is 0 Å². The van der Waals surface area contributed by atoms with E-state index < -0.39 is 10.9 Å². The number of hydrogen-bond donors (Lipinski definition) is 1. The Balaban J connectivity index is 2.61. The van der Waals surface area contributed by atoms with Crippen LogP contribution in [0.1, 0.15) is 37.1 Å². The highest BCUT2D eigenvalue weighted by Crippen LogP contribution is 2.44. The first kappa shape index (κ1) is 17.7. The number of rotatable bonds is 5. The third-order valence-electron chi connectivity index (χ3n) is 4.52. The quantitative estimate of drug-likeness (QED) is 0.864. The molecule has 0 amide bonds. The Labute approximate surface area is 141 Å². The predicted octanol–water partition coefficient (Wildman–Crippen LogP) is 4.67. The lowest BCUT2D eigenvalue weighted by atomic mass is 9.88. The molecule has 0 saturated carbocycles. The zero-order valence-corrected chi connectivity index (χ0v) is 15.2. The second-order valence-corrected chi connectivity index (χ2v) is 6.96. The van der Waals surface area contributed by atoms with E-state index in [1.165, 1.54) is 0 Å². The smallest absolute Gasteiger partial charge is 0.144 e. The number of aromatic nitrogens is 2. The Morgan fingerprint density at radius 2 is 2.04 bits per heavy atom. The minimum Gasteiger partial charge on any atom is -0.382 e. The molecule has 0 aliphatic rings. The zero-order chi connectivity index (χ0) is 17.2. The predicted molar refractivity (Wildman–Crippen MR) is 97.4 cm³/mol. The lowest BCUT2D eigenvalue weighted by molar-refractivity contribution is 0.275. The van der Waals surface area contributed by atoms with Crippen molar-refractivity contribution in [3.8, 4) is 11.3 Å². The normalized spacial score (nSPS) is 15.2. The van der Waals surface area contributed by atoms with Crippen molar-refractivity contribution in [2.45, 2.75) is 45.0 Å². The van der Waals surface area contributed by atoms with Crippen molar-refractivity contribution in [3.05, 3.63) is 41.2 Å². The van der Waals surface area contributed by atoms with Crippen LogP contribution in [-0.2, 0) is 4.75 Å². The van der Waals surface area contributed by atoms with Gasteiger partial charge in [0.05, 0.1) is 22.3 Å². The molecule has 0 radical (unpaired) electrons. The number of alkyl halides is 1. The third-order valence-corrected chi connectivity index (χ3v) is 6.10. The van der Waals surface area contributed by atoms with Crippen LogP contribution in [0.15, 0.2) is 24.4 Å². The molecule has 0 aliphatic carbocycles. The molecule has 0 bridgehead atoms. The van der Waals surface area contributed by atoms with Gasteiger partial charge in [0.15, 0.2) is 0 Å². The molecule has 2 N–H and O–H groups in total. The molecule has 0 saturated heterocycles. The van der Waals surface area contributed by atoms with Crippen LogP contribution in [0.3, 0.4) is 0 Å². The van der Waals surface area contributed by atoms with Crippen LogP contribution in [-0.4, -0.2) is 22.4 Å². The van der Waals surface area contributed by atoms with E-state index in [9.17, 15) is 4.39 Å².